The lowest BCUT2D eigenvalue weighted by Crippen LogP contribution is -2.32. The number of rotatable bonds is 10. The average Bonchev–Trinajstić information content (AvgIpc) is 2.73. The van der Waals surface area contributed by atoms with Crippen molar-refractivity contribution in [2.24, 2.45) is 0 Å². The monoisotopic (exact) mass is 399 g/mol. The van der Waals surface area contributed by atoms with Gasteiger partial charge in [0.25, 0.3) is 11.5 Å². The smallest absolute Gasteiger partial charge is 0.263 e. The number of aliphatic hydroxyl groups excluding tert-OH is 1. The van der Waals surface area contributed by atoms with E-state index in [2.05, 4.69) is 24.1 Å². The summed E-state index contributed by atoms with van der Waals surface area (Å²) in [4.78, 5) is 25.1. The fourth-order valence-corrected chi connectivity index (χ4v) is 2.79. The summed E-state index contributed by atoms with van der Waals surface area (Å²) in [5.41, 5.74) is 1.84. The number of hydrogen-bond acceptors (Lipinski definition) is 5. The SMILES string of the molecule is C=C(NC(C)CC)c1cc(C(=O)NC)c(=O)n(Cc2cccc(OCCO)c2)c1. The maximum atomic E-state index is 12.9. The molecule has 7 nitrogen and oxygen atoms in total. The van der Waals surface area contributed by atoms with E-state index >= 15 is 0 Å². The first kappa shape index (κ1) is 22.2. The predicted molar refractivity (Wildman–Crippen MR) is 114 cm³/mol. The third kappa shape index (κ3) is 5.96. The van der Waals surface area contributed by atoms with Gasteiger partial charge in [-0.2, -0.15) is 0 Å². The minimum absolute atomic E-state index is 0.0600. The van der Waals surface area contributed by atoms with E-state index in [0.29, 0.717) is 17.0 Å². The van der Waals surface area contributed by atoms with Gasteiger partial charge in [-0.05, 0) is 37.1 Å². The molecule has 1 amide bonds. The van der Waals surface area contributed by atoms with Gasteiger partial charge in [0.05, 0.1) is 13.2 Å². The Kier molecular flexibility index (Phi) is 8.03. The number of benzene rings is 1. The molecule has 1 unspecified atom stereocenters. The molecule has 2 rings (SSSR count). The van der Waals surface area contributed by atoms with E-state index in [9.17, 15) is 9.59 Å². The van der Waals surface area contributed by atoms with E-state index in [1.807, 2.05) is 19.1 Å². The molecule has 0 radical (unpaired) electrons. The average molecular weight is 399 g/mol. The van der Waals surface area contributed by atoms with Crippen molar-refractivity contribution in [2.45, 2.75) is 32.9 Å². The molecule has 3 N–H and O–H groups in total. The van der Waals surface area contributed by atoms with Crippen LogP contribution in [0.25, 0.3) is 5.70 Å². The van der Waals surface area contributed by atoms with Crippen LogP contribution in [0.4, 0.5) is 0 Å². The van der Waals surface area contributed by atoms with Crippen LogP contribution in [0.5, 0.6) is 5.75 Å². The lowest BCUT2D eigenvalue weighted by atomic mass is 10.1. The first-order valence-corrected chi connectivity index (χ1v) is 9.64. The standard InChI is InChI=1S/C22H29N3O4/c1-5-15(2)24-16(3)18-12-20(21(27)23-4)22(28)25(14-18)13-17-7-6-8-19(11-17)29-10-9-26/h6-8,11-12,14-15,24,26H,3,5,9-10,13H2,1-2,4H3,(H,23,27). The number of nitrogens with zero attached hydrogens (tertiary/aromatic N) is 1. The van der Waals surface area contributed by atoms with E-state index < -0.39 is 5.91 Å². The van der Waals surface area contributed by atoms with Gasteiger partial charge in [0.1, 0.15) is 17.9 Å². The van der Waals surface area contributed by atoms with Crippen molar-refractivity contribution in [1.82, 2.24) is 15.2 Å². The molecule has 29 heavy (non-hydrogen) atoms. The van der Waals surface area contributed by atoms with Crippen molar-refractivity contribution < 1.29 is 14.6 Å². The summed E-state index contributed by atoms with van der Waals surface area (Å²) < 4.78 is 6.93. The van der Waals surface area contributed by atoms with Crippen molar-refractivity contribution >= 4 is 11.6 Å². The van der Waals surface area contributed by atoms with Crippen molar-refractivity contribution in [3.8, 4) is 5.75 Å². The zero-order chi connectivity index (χ0) is 21.4. The molecule has 0 saturated heterocycles. The highest BCUT2D eigenvalue weighted by Gasteiger charge is 2.15. The van der Waals surface area contributed by atoms with Crippen LogP contribution in [0.2, 0.25) is 0 Å². The van der Waals surface area contributed by atoms with Crippen molar-refractivity contribution in [2.75, 3.05) is 20.3 Å². The molecule has 156 valence electrons. The summed E-state index contributed by atoms with van der Waals surface area (Å²) in [6, 6.07) is 9.06. The number of pyridine rings is 1. The summed E-state index contributed by atoms with van der Waals surface area (Å²) in [5.74, 6) is 0.164. The Morgan fingerprint density at radius 1 is 1.34 bits per heavy atom. The zero-order valence-electron chi connectivity index (χ0n) is 17.2. The Morgan fingerprint density at radius 3 is 2.76 bits per heavy atom. The van der Waals surface area contributed by atoms with Gasteiger partial charge in [0, 0.05) is 30.5 Å². The molecule has 1 aromatic carbocycles. The normalized spacial score (nSPS) is 11.6. The molecule has 0 saturated carbocycles. The van der Waals surface area contributed by atoms with Crippen LogP contribution in [-0.2, 0) is 6.54 Å². The number of aromatic nitrogens is 1. The van der Waals surface area contributed by atoms with E-state index in [4.69, 9.17) is 9.84 Å². The number of nitrogens with one attached hydrogen (secondary N) is 2. The molecular weight excluding hydrogens is 370 g/mol. The second-order valence-corrected chi connectivity index (χ2v) is 6.81. The molecular formula is C22H29N3O4. The van der Waals surface area contributed by atoms with Gasteiger partial charge in [-0.3, -0.25) is 9.59 Å². The van der Waals surface area contributed by atoms with Crippen LogP contribution in [-0.4, -0.2) is 41.9 Å². The van der Waals surface area contributed by atoms with Gasteiger partial charge < -0.3 is 25.0 Å². The molecule has 0 aliphatic rings. The Labute approximate surface area is 171 Å². The van der Waals surface area contributed by atoms with Crippen LogP contribution >= 0.6 is 0 Å². The summed E-state index contributed by atoms with van der Waals surface area (Å²) >= 11 is 0. The summed E-state index contributed by atoms with van der Waals surface area (Å²) in [6.45, 7) is 8.55. The highest BCUT2D eigenvalue weighted by atomic mass is 16.5. The van der Waals surface area contributed by atoms with Crippen LogP contribution in [0, 0.1) is 0 Å². The lowest BCUT2D eigenvalue weighted by molar-refractivity contribution is 0.0961. The van der Waals surface area contributed by atoms with Crippen LogP contribution < -0.4 is 20.9 Å². The summed E-state index contributed by atoms with van der Waals surface area (Å²) in [7, 11) is 1.49. The third-order valence-electron chi connectivity index (χ3n) is 4.55. The highest BCUT2D eigenvalue weighted by Crippen LogP contribution is 2.16. The van der Waals surface area contributed by atoms with Crippen molar-refractivity contribution in [3.63, 3.8) is 0 Å². The largest absolute Gasteiger partial charge is 0.491 e. The first-order chi connectivity index (χ1) is 13.9. The molecule has 0 aliphatic heterocycles. The Bertz CT molecular complexity index is 921. The molecule has 7 heteroatoms. The third-order valence-corrected chi connectivity index (χ3v) is 4.55. The predicted octanol–water partition coefficient (Wildman–Crippen LogP) is 1.99. The number of amides is 1. The van der Waals surface area contributed by atoms with Crippen LogP contribution in [0.15, 0.2) is 47.9 Å². The molecule has 0 fully saturated rings. The fraction of sp³-hybridized carbons (Fsp3) is 0.364. The number of aliphatic hydroxyl groups is 1. The van der Waals surface area contributed by atoms with E-state index in [0.717, 1.165) is 12.0 Å². The van der Waals surface area contributed by atoms with Gasteiger partial charge in [-0.1, -0.05) is 25.6 Å². The molecule has 0 aliphatic carbocycles. The van der Waals surface area contributed by atoms with Crippen molar-refractivity contribution in [3.05, 3.63) is 70.2 Å². The molecule has 0 spiro atoms. The first-order valence-electron chi connectivity index (χ1n) is 9.64. The van der Waals surface area contributed by atoms with E-state index in [1.165, 1.54) is 11.6 Å². The Morgan fingerprint density at radius 2 is 2.10 bits per heavy atom. The van der Waals surface area contributed by atoms with Gasteiger partial charge in [0.2, 0.25) is 0 Å². The zero-order valence-corrected chi connectivity index (χ0v) is 17.2. The Hall–Kier alpha value is -3.06. The molecule has 1 heterocycles. The number of ether oxygens (including phenoxy) is 1. The minimum Gasteiger partial charge on any atom is -0.491 e. The molecule has 0 bridgehead atoms. The summed E-state index contributed by atoms with van der Waals surface area (Å²) in [5, 5.41) is 14.7. The minimum atomic E-state index is -0.443. The van der Waals surface area contributed by atoms with E-state index in [-0.39, 0.29) is 36.9 Å². The maximum absolute atomic E-state index is 12.9. The van der Waals surface area contributed by atoms with Crippen LogP contribution in [0.1, 0.15) is 41.8 Å². The fourth-order valence-electron chi connectivity index (χ4n) is 2.79. The summed E-state index contributed by atoms with van der Waals surface area (Å²) in [6.07, 6.45) is 2.62. The second-order valence-electron chi connectivity index (χ2n) is 6.81. The van der Waals surface area contributed by atoms with Gasteiger partial charge >= 0.3 is 0 Å². The quantitative estimate of drug-likeness (QED) is 0.568. The molecule has 1 aromatic heterocycles. The van der Waals surface area contributed by atoms with E-state index in [1.54, 1.807) is 24.4 Å². The number of carbonyl (C=O) groups is 1. The molecule has 1 atom stereocenters. The van der Waals surface area contributed by atoms with Crippen molar-refractivity contribution in [1.29, 1.82) is 0 Å². The second kappa shape index (κ2) is 10.5. The Balaban J connectivity index is 2.42. The van der Waals surface area contributed by atoms with Gasteiger partial charge in [0.15, 0.2) is 0 Å². The highest BCUT2D eigenvalue weighted by molar-refractivity contribution is 5.94. The number of carbonyl (C=O) groups excluding carboxylic acids is 1. The maximum Gasteiger partial charge on any atom is 0.263 e. The van der Waals surface area contributed by atoms with Gasteiger partial charge in [-0.15, -0.1) is 0 Å². The van der Waals surface area contributed by atoms with Crippen LogP contribution in [0.3, 0.4) is 0 Å². The topological polar surface area (TPSA) is 92.6 Å². The number of hydrogen-bond donors (Lipinski definition) is 3. The molecule has 2 aromatic rings. The lowest BCUT2D eigenvalue weighted by Gasteiger charge is -2.18. The van der Waals surface area contributed by atoms with Gasteiger partial charge in [-0.25, -0.2) is 0 Å².